The molecule has 35 heavy (non-hydrogen) atoms. The lowest BCUT2D eigenvalue weighted by Crippen LogP contribution is -2.27. The van der Waals surface area contributed by atoms with Crippen LogP contribution in [0, 0.1) is 13.8 Å². The summed E-state index contributed by atoms with van der Waals surface area (Å²) >= 11 is 6.80. The van der Waals surface area contributed by atoms with Gasteiger partial charge in [0.25, 0.3) is 5.91 Å². The summed E-state index contributed by atoms with van der Waals surface area (Å²) in [6.07, 6.45) is 7.19. The Bertz CT molecular complexity index is 1280. The van der Waals surface area contributed by atoms with E-state index in [1.165, 1.54) is 11.8 Å². The molecule has 0 radical (unpaired) electrons. The lowest BCUT2D eigenvalue weighted by molar-refractivity contribution is -0.122. The molecule has 180 valence electrons. The standard InChI is InChI=1S/C27H27N3O3S2/c1-4-5-13-33-26(32)21-8-10-23(11-9-21)30-18(2)14-22(19(30)3)15-24-25(31)29(27(34)35-24)17-20-7-6-12-28-16-20/h6-12,14-16H,4-5,13,17H2,1-3H3/b24-15-. The number of thioether (sulfide) groups is 1. The molecule has 4 rings (SSSR count). The van der Waals surface area contributed by atoms with E-state index in [1.807, 2.05) is 44.2 Å². The predicted octanol–water partition coefficient (Wildman–Crippen LogP) is 5.85. The monoisotopic (exact) mass is 505 g/mol. The van der Waals surface area contributed by atoms with Crippen LogP contribution in [0.25, 0.3) is 11.8 Å². The van der Waals surface area contributed by atoms with Crippen molar-refractivity contribution < 1.29 is 14.3 Å². The second-order valence-electron chi connectivity index (χ2n) is 8.33. The number of aryl methyl sites for hydroxylation is 1. The van der Waals surface area contributed by atoms with Gasteiger partial charge in [-0.2, -0.15) is 0 Å². The minimum atomic E-state index is -0.306. The van der Waals surface area contributed by atoms with Gasteiger partial charge in [0.15, 0.2) is 0 Å². The fourth-order valence-electron chi connectivity index (χ4n) is 3.92. The Morgan fingerprint density at radius 3 is 2.66 bits per heavy atom. The van der Waals surface area contributed by atoms with Gasteiger partial charge in [-0.25, -0.2) is 4.79 Å². The van der Waals surface area contributed by atoms with Crippen molar-refractivity contribution in [2.45, 2.75) is 40.2 Å². The van der Waals surface area contributed by atoms with Gasteiger partial charge in [0.05, 0.1) is 23.6 Å². The van der Waals surface area contributed by atoms with Crippen molar-refractivity contribution in [2.24, 2.45) is 0 Å². The molecule has 1 aliphatic heterocycles. The molecule has 0 N–H and O–H groups in total. The largest absolute Gasteiger partial charge is 0.462 e. The molecule has 0 unspecified atom stereocenters. The molecule has 1 aliphatic rings. The highest BCUT2D eigenvalue weighted by molar-refractivity contribution is 8.26. The van der Waals surface area contributed by atoms with Gasteiger partial charge < -0.3 is 9.30 Å². The average Bonchev–Trinajstić information content (AvgIpc) is 3.28. The van der Waals surface area contributed by atoms with Crippen molar-refractivity contribution in [1.29, 1.82) is 0 Å². The van der Waals surface area contributed by atoms with Gasteiger partial charge in [-0.1, -0.05) is 43.4 Å². The molecule has 0 spiro atoms. The number of rotatable bonds is 8. The normalized spacial score (nSPS) is 14.7. The van der Waals surface area contributed by atoms with Gasteiger partial charge in [0, 0.05) is 29.5 Å². The smallest absolute Gasteiger partial charge is 0.338 e. The van der Waals surface area contributed by atoms with Crippen LogP contribution in [0.5, 0.6) is 0 Å². The van der Waals surface area contributed by atoms with Crippen LogP contribution in [0.2, 0.25) is 0 Å². The summed E-state index contributed by atoms with van der Waals surface area (Å²) < 4.78 is 7.95. The molecule has 3 heterocycles. The maximum atomic E-state index is 13.1. The Morgan fingerprint density at radius 1 is 1.20 bits per heavy atom. The number of carbonyl (C=O) groups excluding carboxylic acids is 2. The summed E-state index contributed by atoms with van der Waals surface area (Å²) in [6.45, 7) is 6.93. The molecule has 1 saturated heterocycles. The number of hydrogen-bond donors (Lipinski definition) is 0. The van der Waals surface area contributed by atoms with Gasteiger partial charge in [0.2, 0.25) is 0 Å². The van der Waals surface area contributed by atoms with Crippen molar-refractivity contribution in [2.75, 3.05) is 6.61 Å². The molecule has 0 aliphatic carbocycles. The summed E-state index contributed by atoms with van der Waals surface area (Å²) in [7, 11) is 0. The van der Waals surface area contributed by atoms with E-state index in [-0.39, 0.29) is 11.9 Å². The zero-order chi connectivity index (χ0) is 24.9. The van der Waals surface area contributed by atoms with E-state index < -0.39 is 0 Å². The van der Waals surface area contributed by atoms with E-state index in [0.29, 0.717) is 27.9 Å². The van der Waals surface area contributed by atoms with Gasteiger partial charge in [-0.3, -0.25) is 14.7 Å². The molecular weight excluding hydrogens is 478 g/mol. The van der Waals surface area contributed by atoms with E-state index in [0.717, 1.165) is 41.0 Å². The molecule has 0 saturated carbocycles. The van der Waals surface area contributed by atoms with Gasteiger partial charge >= 0.3 is 5.97 Å². The van der Waals surface area contributed by atoms with E-state index in [2.05, 4.69) is 22.5 Å². The van der Waals surface area contributed by atoms with Crippen LogP contribution < -0.4 is 0 Å². The maximum absolute atomic E-state index is 13.1. The first-order chi connectivity index (χ1) is 16.9. The first-order valence-corrected chi connectivity index (χ1v) is 12.7. The number of esters is 1. The van der Waals surface area contributed by atoms with Crippen LogP contribution in [-0.4, -0.2) is 37.3 Å². The van der Waals surface area contributed by atoms with Crippen molar-refractivity contribution in [3.8, 4) is 5.69 Å². The predicted molar refractivity (Wildman–Crippen MR) is 143 cm³/mol. The van der Waals surface area contributed by atoms with E-state index in [4.69, 9.17) is 17.0 Å². The van der Waals surface area contributed by atoms with Crippen molar-refractivity contribution in [1.82, 2.24) is 14.5 Å². The number of benzene rings is 1. The molecule has 1 amide bonds. The lowest BCUT2D eigenvalue weighted by atomic mass is 10.2. The first-order valence-electron chi connectivity index (χ1n) is 11.5. The molecule has 3 aromatic rings. The highest BCUT2D eigenvalue weighted by Gasteiger charge is 2.32. The number of carbonyl (C=O) groups is 2. The van der Waals surface area contributed by atoms with Crippen LogP contribution in [0.4, 0.5) is 0 Å². The quantitative estimate of drug-likeness (QED) is 0.166. The number of hydrogen-bond acceptors (Lipinski definition) is 6. The van der Waals surface area contributed by atoms with E-state index >= 15 is 0 Å². The summed E-state index contributed by atoms with van der Waals surface area (Å²) in [5, 5.41) is 0. The molecule has 0 bridgehead atoms. The number of ether oxygens (including phenoxy) is 1. The summed E-state index contributed by atoms with van der Waals surface area (Å²) in [5.74, 6) is -0.403. The number of thiocarbonyl (C=S) groups is 1. The van der Waals surface area contributed by atoms with Crippen molar-refractivity contribution in [3.05, 3.63) is 87.8 Å². The second-order valence-corrected chi connectivity index (χ2v) is 10.0. The minimum absolute atomic E-state index is 0.0976. The van der Waals surface area contributed by atoms with Crippen LogP contribution in [0.15, 0.2) is 59.8 Å². The molecule has 1 aromatic carbocycles. The SMILES string of the molecule is CCCCOC(=O)c1ccc(-n2c(C)cc(/C=C3\SC(=S)N(Cc4cccnc4)C3=O)c2C)cc1. The van der Waals surface area contributed by atoms with Gasteiger partial charge in [-0.05, 0) is 73.9 Å². The summed E-state index contributed by atoms with van der Waals surface area (Å²) in [4.78, 5) is 31.6. The molecule has 6 nitrogen and oxygen atoms in total. The molecule has 0 atom stereocenters. The number of nitrogens with zero attached hydrogens (tertiary/aromatic N) is 3. The average molecular weight is 506 g/mol. The summed E-state index contributed by atoms with van der Waals surface area (Å²) in [5.41, 5.74) is 5.38. The Hall–Kier alpha value is -3.23. The lowest BCUT2D eigenvalue weighted by Gasteiger charge is -2.13. The van der Waals surface area contributed by atoms with Gasteiger partial charge in [-0.15, -0.1) is 0 Å². The first kappa shape index (κ1) is 24.9. The zero-order valence-electron chi connectivity index (χ0n) is 20.0. The molecule has 2 aromatic heterocycles. The Morgan fingerprint density at radius 2 is 1.97 bits per heavy atom. The van der Waals surface area contributed by atoms with Crippen molar-refractivity contribution in [3.63, 3.8) is 0 Å². The van der Waals surface area contributed by atoms with Crippen LogP contribution in [0.1, 0.15) is 52.6 Å². The summed E-state index contributed by atoms with van der Waals surface area (Å²) in [6, 6.07) is 13.2. The minimum Gasteiger partial charge on any atom is -0.462 e. The highest BCUT2D eigenvalue weighted by atomic mass is 32.2. The second kappa shape index (κ2) is 11.0. The van der Waals surface area contributed by atoms with Gasteiger partial charge in [0.1, 0.15) is 4.32 Å². The Kier molecular flexibility index (Phi) is 7.83. The van der Waals surface area contributed by atoms with Crippen LogP contribution >= 0.6 is 24.0 Å². The number of unbranched alkanes of at least 4 members (excludes halogenated alkanes) is 1. The maximum Gasteiger partial charge on any atom is 0.338 e. The highest BCUT2D eigenvalue weighted by Crippen LogP contribution is 2.35. The van der Waals surface area contributed by atoms with E-state index in [1.54, 1.807) is 29.4 Å². The molecule has 1 fully saturated rings. The molecule has 8 heteroatoms. The number of amides is 1. The van der Waals surface area contributed by atoms with E-state index in [9.17, 15) is 9.59 Å². The Balaban J connectivity index is 1.53. The fraction of sp³-hybridized carbons (Fsp3) is 0.259. The zero-order valence-corrected chi connectivity index (χ0v) is 21.6. The van der Waals surface area contributed by atoms with Crippen LogP contribution in [-0.2, 0) is 16.1 Å². The third kappa shape index (κ3) is 5.55. The number of pyridine rings is 1. The topological polar surface area (TPSA) is 64.4 Å². The Labute approximate surface area is 215 Å². The molecular formula is C27H27N3O3S2. The third-order valence-electron chi connectivity index (χ3n) is 5.79. The van der Waals surface area contributed by atoms with Crippen molar-refractivity contribution >= 4 is 46.3 Å². The number of aromatic nitrogens is 2. The van der Waals surface area contributed by atoms with Crippen LogP contribution in [0.3, 0.4) is 0 Å². The fourth-order valence-corrected chi connectivity index (χ4v) is 5.17. The third-order valence-corrected chi connectivity index (χ3v) is 7.16.